The van der Waals surface area contributed by atoms with E-state index in [1.165, 1.54) is 24.3 Å². The molecule has 8 N–H and O–H groups in total. The number of carboxylic acid groups (broad SMARTS) is 1. The van der Waals surface area contributed by atoms with Gasteiger partial charge in [-0.05, 0) is 17.7 Å². The molecule has 1 aromatic rings. The summed E-state index contributed by atoms with van der Waals surface area (Å²) in [6, 6.07) is 4.34. The van der Waals surface area contributed by atoms with Gasteiger partial charge >= 0.3 is 40.9 Å². The van der Waals surface area contributed by atoms with Crippen LogP contribution in [0, 0.1) is 0 Å². The minimum atomic E-state index is -1.18. The Bertz CT molecular complexity index is 599. The normalized spacial score (nSPS) is 14.5. The van der Waals surface area contributed by atoms with Gasteiger partial charge in [-0.2, -0.15) is 0 Å². The van der Waals surface area contributed by atoms with Crippen molar-refractivity contribution >= 4 is 54.3 Å². The van der Waals surface area contributed by atoms with Crippen molar-refractivity contribution in [3.05, 3.63) is 29.8 Å². The molecule has 1 aliphatic heterocycles. The van der Waals surface area contributed by atoms with Crippen LogP contribution in [-0.4, -0.2) is 48.9 Å². The number of carbonyl (C=O) groups is 4. The molecular weight excluding hydrogens is 361 g/mol. The van der Waals surface area contributed by atoms with E-state index in [9.17, 15) is 24.3 Å². The molecule has 13 heteroatoms. The third kappa shape index (κ3) is 8.81. The summed E-state index contributed by atoms with van der Waals surface area (Å²) in [5, 5.41) is 16.2. The van der Waals surface area contributed by atoms with Crippen molar-refractivity contribution in [1.82, 2.24) is 16.0 Å². The molecule has 1 atom stereocenters. The number of imide groups is 1. The van der Waals surface area contributed by atoms with Crippen LogP contribution in [0.4, 0.5) is 15.3 Å². The summed E-state index contributed by atoms with van der Waals surface area (Å²) in [5.74, 6) is -1.80. The molecule has 1 aromatic carbocycles. The van der Waals surface area contributed by atoms with Crippen LogP contribution < -0.4 is 32.5 Å². The Labute approximate surface area is 146 Å². The molecule has 24 heavy (non-hydrogen) atoms. The molecular formula is C11H13AlClN5O6. The number of carbonyl (C=O) groups excluding carboxylic acids is 4. The van der Waals surface area contributed by atoms with Crippen molar-refractivity contribution in [3.8, 4) is 0 Å². The maximum absolute atomic E-state index is 10.7. The number of rotatable bonds is 2. The van der Waals surface area contributed by atoms with Crippen LogP contribution in [0.1, 0.15) is 10.4 Å². The van der Waals surface area contributed by atoms with E-state index in [0.29, 0.717) is 5.69 Å². The molecule has 0 spiro atoms. The Morgan fingerprint density at radius 3 is 2.12 bits per heavy atom. The van der Waals surface area contributed by atoms with E-state index in [-0.39, 0.29) is 5.56 Å². The molecule has 1 aliphatic rings. The third-order valence-electron chi connectivity index (χ3n) is 2.21. The molecule has 1 heterocycles. The number of aromatic carboxylic acids is 1. The average Bonchev–Trinajstić information content (AvgIpc) is 2.78. The van der Waals surface area contributed by atoms with Crippen LogP contribution >= 0.6 is 10.0 Å². The summed E-state index contributed by atoms with van der Waals surface area (Å²) in [6.07, 6.45) is -1.04. The number of carboxylic acids is 1. The molecule has 5 amide bonds. The first kappa shape index (κ1) is 21.5. The van der Waals surface area contributed by atoms with Gasteiger partial charge in [0.05, 0.1) is 5.97 Å². The number of hydrogen-bond donors (Lipinski definition) is 6. The van der Waals surface area contributed by atoms with Crippen molar-refractivity contribution < 1.29 is 28.4 Å². The van der Waals surface area contributed by atoms with Gasteiger partial charge < -0.3 is 32.0 Å². The van der Waals surface area contributed by atoms with Crippen LogP contribution in [0.5, 0.6) is 0 Å². The molecule has 0 radical (unpaired) electrons. The Hall–Kier alpha value is -2.52. The minimum absolute atomic E-state index is 0.147. The fourth-order valence-corrected chi connectivity index (χ4v) is 1.28. The Morgan fingerprint density at radius 2 is 1.79 bits per heavy atom. The molecule has 128 valence electrons. The molecule has 11 nitrogen and oxygen atoms in total. The number of primary amides is 1. The number of anilines is 1. The first-order chi connectivity index (χ1) is 11.2. The van der Waals surface area contributed by atoms with Crippen LogP contribution in [0.2, 0.25) is 0 Å². The SMILES string of the molecule is NC(=O)NC1NC(=O)NC1=O.Nc1ccc(C(=O)[O-])cc1.[OH][Al+][Cl]. The molecule has 0 saturated carbocycles. The zero-order chi connectivity index (χ0) is 18.7. The number of nitrogens with two attached hydrogens (primary N) is 2. The quantitative estimate of drug-likeness (QED) is 0.182. The van der Waals surface area contributed by atoms with Gasteiger partial charge in [-0.1, -0.05) is 12.1 Å². The first-order valence-corrected chi connectivity index (χ1v) is 8.27. The molecule has 0 bridgehead atoms. The second-order valence-electron chi connectivity index (χ2n) is 3.91. The average molecular weight is 374 g/mol. The van der Waals surface area contributed by atoms with Crippen LogP contribution in [-0.2, 0) is 4.79 Å². The van der Waals surface area contributed by atoms with Crippen LogP contribution in [0.25, 0.3) is 0 Å². The van der Waals surface area contributed by atoms with E-state index in [2.05, 4.69) is 15.4 Å². The van der Waals surface area contributed by atoms with Gasteiger partial charge in [0, 0.05) is 5.69 Å². The van der Waals surface area contributed by atoms with Crippen molar-refractivity contribution in [2.24, 2.45) is 5.73 Å². The number of benzene rings is 1. The van der Waals surface area contributed by atoms with Crippen molar-refractivity contribution in [2.45, 2.75) is 6.17 Å². The van der Waals surface area contributed by atoms with Crippen molar-refractivity contribution in [3.63, 3.8) is 0 Å². The number of hydrogen-bond acceptors (Lipinski definition) is 7. The third-order valence-corrected chi connectivity index (χ3v) is 2.21. The summed E-state index contributed by atoms with van der Waals surface area (Å²) in [7, 11) is 4.64. The van der Waals surface area contributed by atoms with E-state index >= 15 is 0 Å². The molecule has 1 saturated heterocycles. The second kappa shape index (κ2) is 11.1. The van der Waals surface area contributed by atoms with E-state index in [1.54, 1.807) is 0 Å². The topological polar surface area (TPSA) is 200 Å². The maximum atomic E-state index is 10.7. The Balaban J connectivity index is 0.000000381. The zero-order valence-electron chi connectivity index (χ0n) is 12.0. The fraction of sp³-hybridized carbons (Fsp3) is 0.0909. The molecule has 1 unspecified atom stereocenters. The number of nitrogen functional groups attached to an aromatic ring is 1. The summed E-state index contributed by atoms with van der Waals surface area (Å²) >= 11 is -0.778. The first-order valence-electron chi connectivity index (χ1n) is 6.01. The number of nitrogens with one attached hydrogen (secondary N) is 3. The predicted molar refractivity (Wildman–Crippen MR) is 82.2 cm³/mol. The van der Waals surface area contributed by atoms with E-state index in [0.717, 1.165) is 0 Å². The summed E-state index contributed by atoms with van der Waals surface area (Å²) < 4.78 is 7.42. The van der Waals surface area contributed by atoms with Gasteiger partial charge in [-0.3, -0.25) is 10.1 Å². The number of halogens is 1. The van der Waals surface area contributed by atoms with Gasteiger partial charge in [0.15, 0.2) is 6.17 Å². The molecule has 0 aliphatic carbocycles. The van der Waals surface area contributed by atoms with Gasteiger partial charge in [0.2, 0.25) is 0 Å². The summed E-state index contributed by atoms with van der Waals surface area (Å²) in [6.45, 7) is 0. The van der Waals surface area contributed by atoms with E-state index < -0.39 is 44.7 Å². The Kier molecular flexibility index (Phi) is 9.92. The monoisotopic (exact) mass is 373 g/mol. The van der Waals surface area contributed by atoms with Crippen LogP contribution in [0.15, 0.2) is 24.3 Å². The van der Waals surface area contributed by atoms with E-state index in [1.807, 2.05) is 10.6 Å². The van der Waals surface area contributed by atoms with Crippen molar-refractivity contribution in [2.75, 3.05) is 5.73 Å². The van der Waals surface area contributed by atoms with Gasteiger partial charge in [-0.25, -0.2) is 9.59 Å². The van der Waals surface area contributed by atoms with Gasteiger partial charge in [0.25, 0.3) is 5.91 Å². The molecule has 0 aromatic heterocycles. The van der Waals surface area contributed by atoms with E-state index in [4.69, 9.17) is 15.6 Å². The van der Waals surface area contributed by atoms with Gasteiger partial charge in [0.1, 0.15) is 0 Å². The standard InChI is InChI=1S/C7H7NO2.C4H6N4O3.Al.ClH.H2O/c8-6-3-1-5(2-4-6)7(9)10;5-3(10)6-1-2(9)8-4(11)7-1;;;/h1-4H,8H2,(H,9,10);1H,(H3,5,6,10)(H2,7,8,9,11);;1H;1H2/q;;+3;;/p-3. The fourth-order valence-electron chi connectivity index (χ4n) is 1.28. The molecule has 1 fully saturated rings. The molecule has 2 rings (SSSR count). The predicted octanol–water partition coefficient (Wildman–Crippen LogP) is -2.80. The van der Waals surface area contributed by atoms with Crippen molar-refractivity contribution in [1.29, 1.82) is 0 Å². The second-order valence-corrected chi connectivity index (χ2v) is 4.69. The summed E-state index contributed by atoms with van der Waals surface area (Å²) in [4.78, 5) is 41.4. The van der Waals surface area contributed by atoms with Crippen LogP contribution in [0.3, 0.4) is 0 Å². The number of amides is 5. The summed E-state index contributed by atoms with van der Waals surface area (Å²) in [5.41, 5.74) is 10.7. The number of urea groups is 2. The van der Waals surface area contributed by atoms with Gasteiger partial charge in [-0.15, -0.1) is 0 Å². The Morgan fingerprint density at radius 1 is 1.29 bits per heavy atom. The zero-order valence-corrected chi connectivity index (χ0v) is 13.9.